The van der Waals surface area contributed by atoms with Gasteiger partial charge in [-0.2, -0.15) is 4.98 Å². The first kappa shape index (κ1) is 23.8. The third-order valence-electron chi connectivity index (χ3n) is 5.51. The molecule has 0 aliphatic heterocycles. The molecule has 3 aromatic carbocycles. The number of aromatic nitrogens is 2. The molecule has 2 amide bonds. The van der Waals surface area contributed by atoms with Gasteiger partial charge in [0.2, 0.25) is 11.8 Å². The van der Waals surface area contributed by atoms with Crippen LogP contribution in [0.4, 0.5) is 22.1 Å². The molecule has 0 aliphatic rings. The molecule has 0 aliphatic carbocycles. The van der Waals surface area contributed by atoms with Crippen molar-refractivity contribution in [3.05, 3.63) is 72.4 Å². The summed E-state index contributed by atoms with van der Waals surface area (Å²) in [4.78, 5) is 21.4. The number of methoxy groups -OCH3 is 1. The largest absolute Gasteiger partial charge is 0.495 e. The molecule has 0 atom stereocenters. The van der Waals surface area contributed by atoms with Crippen molar-refractivity contribution in [1.29, 1.82) is 0 Å². The number of nitrogens with zero attached hydrogens (tertiary/aromatic N) is 2. The minimum Gasteiger partial charge on any atom is -0.495 e. The van der Waals surface area contributed by atoms with Gasteiger partial charge in [-0.1, -0.05) is 51.1 Å². The summed E-state index contributed by atoms with van der Waals surface area (Å²) in [5.41, 5.74) is 2.27. The zero-order valence-corrected chi connectivity index (χ0v) is 20.5. The van der Waals surface area contributed by atoms with E-state index in [4.69, 9.17) is 9.47 Å². The molecular formula is C27H29N5O3. The zero-order valence-electron chi connectivity index (χ0n) is 20.5. The van der Waals surface area contributed by atoms with Gasteiger partial charge in [0.15, 0.2) is 0 Å². The Bertz CT molecular complexity index is 1360. The van der Waals surface area contributed by atoms with Crippen molar-refractivity contribution in [3.8, 4) is 17.4 Å². The Hall–Kier alpha value is -4.33. The lowest BCUT2D eigenvalue weighted by Gasteiger charge is -2.21. The van der Waals surface area contributed by atoms with Crippen molar-refractivity contribution >= 4 is 34.1 Å². The number of urea groups is 1. The second-order valence-corrected chi connectivity index (χ2v) is 8.97. The zero-order chi connectivity index (χ0) is 25.0. The van der Waals surface area contributed by atoms with Gasteiger partial charge in [-0.05, 0) is 35.2 Å². The number of amides is 2. The van der Waals surface area contributed by atoms with Crippen LogP contribution in [0.5, 0.6) is 17.4 Å². The van der Waals surface area contributed by atoms with E-state index in [0.717, 1.165) is 16.3 Å². The first-order chi connectivity index (χ1) is 16.8. The highest BCUT2D eigenvalue weighted by Gasteiger charge is 2.18. The average Bonchev–Trinajstić information content (AvgIpc) is 2.85. The van der Waals surface area contributed by atoms with E-state index in [-0.39, 0.29) is 11.4 Å². The van der Waals surface area contributed by atoms with Gasteiger partial charge in [0.25, 0.3) is 0 Å². The number of nitrogens with one attached hydrogen (secondary N) is 3. The second kappa shape index (κ2) is 9.89. The molecule has 0 saturated carbocycles. The third-order valence-corrected chi connectivity index (χ3v) is 5.51. The highest BCUT2D eigenvalue weighted by atomic mass is 16.5. The topological polar surface area (TPSA) is 97.4 Å². The van der Waals surface area contributed by atoms with Crippen molar-refractivity contribution in [1.82, 2.24) is 9.97 Å². The summed E-state index contributed by atoms with van der Waals surface area (Å²) in [6.45, 7) is 6.36. The maximum Gasteiger partial charge on any atom is 0.323 e. The first-order valence-electron chi connectivity index (χ1n) is 11.3. The SMILES string of the molecule is CNc1nccc(Oc2ccc(NC(=O)Nc3cc(C(C)(C)C)ccc3OC)c3ccccc23)n1. The van der Waals surface area contributed by atoms with Gasteiger partial charge in [-0.15, -0.1) is 0 Å². The van der Waals surface area contributed by atoms with Gasteiger partial charge < -0.3 is 25.4 Å². The van der Waals surface area contributed by atoms with E-state index in [1.165, 1.54) is 0 Å². The highest BCUT2D eigenvalue weighted by Crippen LogP contribution is 2.35. The van der Waals surface area contributed by atoms with Crippen LogP contribution in [0.1, 0.15) is 26.3 Å². The Balaban J connectivity index is 1.60. The number of fused-ring (bicyclic) bond motifs is 1. The summed E-state index contributed by atoms with van der Waals surface area (Å²) in [6.07, 6.45) is 1.62. The molecule has 0 unspecified atom stereocenters. The number of hydrogen-bond donors (Lipinski definition) is 3. The van der Waals surface area contributed by atoms with Crippen molar-refractivity contribution in [2.24, 2.45) is 0 Å². The van der Waals surface area contributed by atoms with E-state index in [2.05, 4.69) is 46.7 Å². The molecule has 3 N–H and O–H groups in total. The second-order valence-electron chi connectivity index (χ2n) is 8.97. The smallest absolute Gasteiger partial charge is 0.323 e. The fourth-order valence-corrected chi connectivity index (χ4v) is 3.65. The van der Waals surface area contributed by atoms with E-state index >= 15 is 0 Å². The van der Waals surface area contributed by atoms with Crippen LogP contribution >= 0.6 is 0 Å². The first-order valence-corrected chi connectivity index (χ1v) is 11.3. The van der Waals surface area contributed by atoms with Gasteiger partial charge in [-0.3, -0.25) is 0 Å². The van der Waals surface area contributed by atoms with Crippen LogP contribution < -0.4 is 25.4 Å². The van der Waals surface area contributed by atoms with Crippen LogP contribution in [-0.2, 0) is 5.41 Å². The summed E-state index contributed by atoms with van der Waals surface area (Å²) >= 11 is 0. The summed E-state index contributed by atoms with van der Waals surface area (Å²) < 4.78 is 11.5. The Morgan fingerprint density at radius 2 is 1.60 bits per heavy atom. The Kier molecular flexibility index (Phi) is 6.73. The van der Waals surface area contributed by atoms with Crippen molar-refractivity contribution < 1.29 is 14.3 Å². The minimum absolute atomic E-state index is 0.0666. The third kappa shape index (κ3) is 5.43. The Morgan fingerprint density at radius 1 is 0.886 bits per heavy atom. The molecule has 0 saturated heterocycles. The monoisotopic (exact) mass is 471 g/mol. The van der Waals surface area contributed by atoms with E-state index in [9.17, 15) is 4.79 Å². The number of benzene rings is 3. The lowest BCUT2D eigenvalue weighted by Crippen LogP contribution is -2.21. The van der Waals surface area contributed by atoms with E-state index in [1.54, 1.807) is 38.6 Å². The predicted octanol–water partition coefficient (Wildman–Crippen LogP) is 6.41. The lowest BCUT2D eigenvalue weighted by atomic mass is 9.87. The lowest BCUT2D eigenvalue weighted by molar-refractivity contribution is 0.262. The maximum atomic E-state index is 13.0. The molecule has 0 radical (unpaired) electrons. The van der Waals surface area contributed by atoms with Gasteiger partial charge in [0.05, 0.1) is 18.5 Å². The van der Waals surface area contributed by atoms with Gasteiger partial charge in [0, 0.05) is 30.1 Å². The van der Waals surface area contributed by atoms with Crippen molar-refractivity contribution in [3.63, 3.8) is 0 Å². The van der Waals surface area contributed by atoms with E-state index in [1.807, 2.05) is 42.5 Å². The fraction of sp³-hybridized carbons (Fsp3) is 0.222. The quantitative estimate of drug-likeness (QED) is 0.300. The molecule has 0 fully saturated rings. The number of carbonyl (C=O) groups is 1. The van der Waals surface area contributed by atoms with Gasteiger partial charge in [-0.25, -0.2) is 9.78 Å². The van der Waals surface area contributed by atoms with Gasteiger partial charge in [0.1, 0.15) is 11.5 Å². The molecule has 1 aromatic heterocycles. The molecule has 35 heavy (non-hydrogen) atoms. The number of ether oxygens (including phenoxy) is 2. The van der Waals surface area contributed by atoms with Crippen LogP contribution in [0.3, 0.4) is 0 Å². The van der Waals surface area contributed by atoms with Crippen LogP contribution in [-0.4, -0.2) is 30.2 Å². The van der Waals surface area contributed by atoms with E-state index in [0.29, 0.717) is 34.7 Å². The van der Waals surface area contributed by atoms with Crippen molar-refractivity contribution in [2.75, 3.05) is 30.1 Å². The van der Waals surface area contributed by atoms with Crippen LogP contribution in [0.25, 0.3) is 10.8 Å². The summed E-state index contributed by atoms with van der Waals surface area (Å²) in [7, 11) is 3.33. The highest BCUT2D eigenvalue weighted by molar-refractivity contribution is 6.08. The Morgan fingerprint density at radius 3 is 2.31 bits per heavy atom. The molecule has 0 bridgehead atoms. The molecule has 1 heterocycles. The normalized spacial score (nSPS) is 11.1. The predicted molar refractivity (Wildman–Crippen MR) is 140 cm³/mol. The van der Waals surface area contributed by atoms with E-state index < -0.39 is 0 Å². The van der Waals surface area contributed by atoms with Crippen molar-refractivity contribution in [2.45, 2.75) is 26.2 Å². The minimum atomic E-state index is -0.373. The average molecular weight is 472 g/mol. The maximum absolute atomic E-state index is 13.0. The molecule has 180 valence electrons. The molecule has 0 spiro atoms. The number of rotatable bonds is 6. The Labute approximate surface area is 204 Å². The summed E-state index contributed by atoms with van der Waals surface area (Å²) in [6, 6.07) is 18.4. The number of anilines is 3. The van der Waals surface area contributed by atoms with Gasteiger partial charge >= 0.3 is 6.03 Å². The molecular weight excluding hydrogens is 442 g/mol. The molecule has 4 rings (SSSR count). The van der Waals surface area contributed by atoms with Crippen LogP contribution in [0, 0.1) is 0 Å². The number of carbonyl (C=O) groups excluding carboxylic acids is 1. The molecule has 4 aromatic rings. The fourth-order valence-electron chi connectivity index (χ4n) is 3.65. The van der Waals surface area contributed by atoms with Crippen LogP contribution in [0.2, 0.25) is 0 Å². The molecule has 8 nitrogen and oxygen atoms in total. The summed E-state index contributed by atoms with van der Waals surface area (Å²) in [5.74, 6) is 2.09. The summed E-state index contributed by atoms with van der Waals surface area (Å²) in [5, 5.41) is 10.4. The van der Waals surface area contributed by atoms with Crippen LogP contribution in [0.15, 0.2) is 66.9 Å². The standard InChI is InChI=1S/C27H29N5O3/c1-27(2,3)17-10-12-23(34-5)21(16-17)31-26(33)30-20-11-13-22(19-9-7-6-8-18(19)20)35-24-14-15-29-25(28-4)32-24/h6-16H,1-5H3,(H,28,29,32)(H2,30,31,33). The number of hydrogen-bond acceptors (Lipinski definition) is 6. The molecule has 8 heteroatoms.